The molecule has 0 aliphatic heterocycles. The summed E-state index contributed by atoms with van der Waals surface area (Å²) in [6, 6.07) is 2.58. The highest BCUT2D eigenvalue weighted by Gasteiger charge is 2.15. The summed E-state index contributed by atoms with van der Waals surface area (Å²) in [5, 5.41) is 7.49. The molecule has 3 nitrogen and oxygen atoms in total. The van der Waals surface area contributed by atoms with Gasteiger partial charge in [-0.3, -0.25) is 0 Å². The Balaban J connectivity index is 2.48. The van der Waals surface area contributed by atoms with E-state index in [0.717, 1.165) is 4.68 Å². The molecule has 0 atom stereocenters. The predicted octanol–water partition coefficient (Wildman–Crippen LogP) is 2.64. The summed E-state index contributed by atoms with van der Waals surface area (Å²) in [5.74, 6) is -0.917. The van der Waals surface area contributed by atoms with Crippen LogP contribution in [0.2, 0.25) is 0 Å². The number of aromatic nitrogens is 3. The Hall–Kier alpha value is -1.49. The summed E-state index contributed by atoms with van der Waals surface area (Å²) in [6.45, 7) is 1.56. The molecular weight excluding hydrogens is 248 g/mol. The van der Waals surface area contributed by atoms with Crippen LogP contribution in [0.1, 0.15) is 11.3 Å². The van der Waals surface area contributed by atoms with E-state index in [1.165, 1.54) is 18.3 Å². The monoisotopic (exact) mass is 257 g/mol. The zero-order valence-electron chi connectivity index (χ0n) is 9.12. The molecule has 0 saturated heterocycles. The molecule has 17 heavy (non-hydrogen) atoms. The van der Waals surface area contributed by atoms with Gasteiger partial charge in [-0.2, -0.15) is 0 Å². The number of benzene rings is 1. The lowest BCUT2D eigenvalue weighted by molar-refractivity contribution is 0.551. The molecule has 1 aromatic carbocycles. The fraction of sp³-hybridized carbons (Fsp3) is 0.273. The maximum absolute atomic E-state index is 13.8. The summed E-state index contributed by atoms with van der Waals surface area (Å²) in [6.07, 6.45) is 1.99. The summed E-state index contributed by atoms with van der Waals surface area (Å²) < 4.78 is 28.4. The molecule has 0 N–H and O–H groups in total. The SMILES string of the molecule is Cc1ccc(F)c(-n2cc(CCCl)nn2)c1F. The minimum absolute atomic E-state index is 0.210. The van der Waals surface area contributed by atoms with Crippen LogP contribution in [0, 0.1) is 18.6 Å². The first kappa shape index (κ1) is 12.0. The van der Waals surface area contributed by atoms with Crippen LogP contribution in [0.3, 0.4) is 0 Å². The quantitative estimate of drug-likeness (QED) is 0.792. The van der Waals surface area contributed by atoms with E-state index >= 15 is 0 Å². The number of rotatable bonds is 3. The molecule has 0 fully saturated rings. The van der Waals surface area contributed by atoms with Crippen molar-refractivity contribution in [3.8, 4) is 5.69 Å². The van der Waals surface area contributed by atoms with Crippen LogP contribution in [-0.2, 0) is 6.42 Å². The topological polar surface area (TPSA) is 30.7 Å². The third-order valence-electron chi connectivity index (χ3n) is 2.38. The predicted molar refractivity (Wildman–Crippen MR) is 60.4 cm³/mol. The maximum atomic E-state index is 13.8. The lowest BCUT2D eigenvalue weighted by Crippen LogP contribution is -2.04. The first-order chi connectivity index (χ1) is 8.13. The standard InChI is InChI=1S/C11H10ClF2N3/c1-7-2-3-9(13)11(10(7)14)17-6-8(4-5-12)15-16-17/h2-3,6H,4-5H2,1H3. The molecular formula is C11H10ClF2N3. The molecule has 2 aromatic rings. The van der Waals surface area contributed by atoms with Gasteiger partial charge in [0.1, 0.15) is 5.69 Å². The van der Waals surface area contributed by atoms with Gasteiger partial charge in [-0.25, -0.2) is 13.5 Å². The van der Waals surface area contributed by atoms with Gasteiger partial charge in [-0.1, -0.05) is 11.3 Å². The maximum Gasteiger partial charge on any atom is 0.154 e. The third-order valence-corrected chi connectivity index (χ3v) is 2.57. The average molecular weight is 258 g/mol. The van der Waals surface area contributed by atoms with Gasteiger partial charge in [0.05, 0.1) is 11.9 Å². The largest absolute Gasteiger partial charge is 0.214 e. The van der Waals surface area contributed by atoms with Gasteiger partial charge in [0, 0.05) is 12.3 Å². The molecule has 2 rings (SSSR count). The van der Waals surface area contributed by atoms with E-state index in [-0.39, 0.29) is 5.69 Å². The molecule has 0 spiro atoms. The molecule has 1 aromatic heterocycles. The fourth-order valence-electron chi connectivity index (χ4n) is 1.47. The first-order valence-corrected chi connectivity index (χ1v) is 5.59. The Morgan fingerprint density at radius 3 is 2.82 bits per heavy atom. The van der Waals surface area contributed by atoms with Crippen molar-refractivity contribution in [1.29, 1.82) is 0 Å². The Bertz CT molecular complexity index is 540. The van der Waals surface area contributed by atoms with Gasteiger partial charge in [0.15, 0.2) is 11.6 Å². The van der Waals surface area contributed by atoms with Gasteiger partial charge in [-0.05, 0) is 18.6 Å². The van der Waals surface area contributed by atoms with E-state index in [0.29, 0.717) is 23.6 Å². The van der Waals surface area contributed by atoms with Crippen molar-refractivity contribution >= 4 is 11.6 Å². The van der Waals surface area contributed by atoms with Gasteiger partial charge in [0.25, 0.3) is 0 Å². The smallest absolute Gasteiger partial charge is 0.154 e. The van der Waals surface area contributed by atoms with E-state index in [2.05, 4.69) is 10.3 Å². The molecule has 0 unspecified atom stereocenters. The van der Waals surface area contributed by atoms with Crippen molar-refractivity contribution < 1.29 is 8.78 Å². The number of aryl methyl sites for hydroxylation is 2. The van der Waals surface area contributed by atoms with Crippen molar-refractivity contribution in [3.05, 3.63) is 41.2 Å². The Kier molecular flexibility index (Phi) is 3.38. The highest BCUT2D eigenvalue weighted by Crippen LogP contribution is 2.19. The lowest BCUT2D eigenvalue weighted by atomic mass is 10.2. The fourth-order valence-corrected chi connectivity index (χ4v) is 1.66. The molecule has 0 aliphatic carbocycles. The van der Waals surface area contributed by atoms with E-state index in [1.54, 1.807) is 6.92 Å². The van der Waals surface area contributed by atoms with Crippen LogP contribution in [0.4, 0.5) is 8.78 Å². The second-order valence-electron chi connectivity index (χ2n) is 3.62. The van der Waals surface area contributed by atoms with Crippen molar-refractivity contribution in [2.75, 3.05) is 5.88 Å². The molecule has 6 heteroatoms. The molecule has 0 aliphatic rings. The van der Waals surface area contributed by atoms with Crippen molar-refractivity contribution in [3.63, 3.8) is 0 Å². The van der Waals surface area contributed by atoms with Crippen molar-refractivity contribution in [1.82, 2.24) is 15.0 Å². The Labute approximate surface area is 102 Å². The Morgan fingerprint density at radius 1 is 1.35 bits per heavy atom. The van der Waals surface area contributed by atoms with Crippen molar-refractivity contribution in [2.24, 2.45) is 0 Å². The van der Waals surface area contributed by atoms with Crippen LogP contribution < -0.4 is 0 Å². The second kappa shape index (κ2) is 4.79. The zero-order valence-corrected chi connectivity index (χ0v) is 9.88. The van der Waals surface area contributed by atoms with E-state index in [4.69, 9.17) is 11.6 Å². The minimum Gasteiger partial charge on any atom is -0.214 e. The summed E-state index contributed by atoms with van der Waals surface area (Å²) in [7, 11) is 0. The second-order valence-corrected chi connectivity index (χ2v) is 4.00. The highest BCUT2D eigenvalue weighted by atomic mass is 35.5. The third kappa shape index (κ3) is 2.29. The van der Waals surface area contributed by atoms with Crippen LogP contribution in [0.15, 0.2) is 18.3 Å². The van der Waals surface area contributed by atoms with E-state index in [1.807, 2.05) is 0 Å². The van der Waals surface area contributed by atoms with Gasteiger partial charge in [-0.15, -0.1) is 16.7 Å². The highest BCUT2D eigenvalue weighted by molar-refractivity contribution is 6.17. The normalized spacial score (nSPS) is 10.8. The number of hydrogen-bond acceptors (Lipinski definition) is 2. The van der Waals surface area contributed by atoms with E-state index in [9.17, 15) is 8.78 Å². The summed E-state index contributed by atoms with van der Waals surface area (Å²) >= 11 is 5.55. The van der Waals surface area contributed by atoms with Gasteiger partial charge in [0.2, 0.25) is 0 Å². The number of alkyl halides is 1. The van der Waals surface area contributed by atoms with Crippen LogP contribution >= 0.6 is 11.6 Å². The number of hydrogen-bond donors (Lipinski definition) is 0. The average Bonchev–Trinajstić information content (AvgIpc) is 2.73. The number of nitrogens with zero attached hydrogens (tertiary/aromatic N) is 3. The van der Waals surface area contributed by atoms with Crippen molar-refractivity contribution in [2.45, 2.75) is 13.3 Å². The first-order valence-electron chi connectivity index (χ1n) is 5.05. The van der Waals surface area contributed by atoms with Gasteiger partial charge >= 0.3 is 0 Å². The molecule has 0 saturated carbocycles. The van der Waals surface area contributed by atoms with Crippen LogP contribution in [-0.4, -0.2) is 20.9 Å². The zero-order chi connectivity index (χ0) is 12.4. The van der Waals surface area contributed by atoms with Crippen LogP contribution in [0.25, 0.3) is 5.69 Å². The summed E-state index contributed by atoms with van der Waals surface area (Å²) in [4.78, 5) is 0. The lowest BCUT2D eigenvalue weighted by Gasteiger charge is -2.05. The molecule has 0 amide bonds. The number of halogens is 3. The van der Waals surface area contributed by atoms with Crippen LogP contribution in [0.5, 0.6) is 0 Å². The molecule has 0 bridgehead atoms. The Morgan fingerprint density at radius 2 is 2.12 bits per heavy atom. The van der Waals surface area contributed by atoms with Gasteiger partial charge < -0.3 is 0 Å². The minimum atomic E-state index is -0.671. The van der Waals surface area contributed by atoms with E-state index < -0.39 is 11.6 Å². The molecule has 90 valence electrons. The molecule has 1 heterocycles. The summed E-state index contributed by atoms with van der Waals surface area (Å²) in [5.41, 5.74) is 0.745. The molecule has 0 radical (unpaired) electrons.